The molecule has 1 fully saturated rings. The average molecular weight is 707 g/mol. The Bertz CT molecular complexity index is 2040. The number of carbonyl (C=O) groups excluding carboxylic acids is 4. The van der Waals surface area contributed by atoms with Gasteiger partial charge in [0, 0.05) is 34.3 Å². The van der Waals surface area contributed by atoms with Gasteiger partial charge < -0.3 is 14.6 Å². The Labute approximate surface area is 286 Å². The van der Waals surface area contributed by atoms with Crippen LogP contribution >= 0.6 is 15.9 Å². The summed E-state index contributed by atoms with van der Waals surface area (Å²) in [6, 6.07) is 18.1. The zero-order valence-corrected chi connectivity index (χ0v) is 28.1. The third kappa shape index (κ3) is 5.04. The number of carbonyl (C=O) groups is 4. The SMILES string of the molecule is COc1ccc(OC)c(C=Cc2ccc(N3C(=O)C4CC=C5C(c6cccc(C)c6O)C6=C(CC5C4C3=O)C(=O)C(Br)=CC6=O)cc2)c1. The third-order valence-electron chi connectivity index (χ3n) is 9.95. The summed E-state index contributed by atoms with van der Waals surface area (Å²) in [6.45, 7) is 1.78. The van der Waals surface area contributed by atoms with E-state index in [-0.39, 0.29) is 40.0 Å². The monoisotopic (exact) mass is 705 g/mol. The normalized spacial score (nSPS) is 23.5. The number of amides is 2. The van der Waals surface area contributed by atoms with E-state index in [1.807, 2.05) is 48.6 Å². The van der Waals surface area contributed by atoms with E-state index in [4.69, 9.17) is 9.47 Å². The molecule has 3 aliphatic carbocycles. The van der Waals surface area contributed by atoms with E-state index >= 15 is 0 Å². The highest BCUT2D eigenvalue weighted by atomic mass is 79.9. The van der Waals surface area contributed by atoms with Crippen LogP contribution < -0.4 is 14.4 Å². The van der Waals surface area contributed by atoms with E-state index in [0.717, 1.165) is 16.7 Å². The van der Waals surface area contributed by atoms with Crippen LogP contribution in [0.5, 0.6) is 17.2 Å². The highest BCUT2D eigenvalue weighted by Gasteiger charge is 2.56. The van der Waals surface area contributed by atoms with E-state index in [1.54, 1.807) is 51.5 Å². The Hall–Kier alpha value is -5.02. The summed E-state index contributed by atoms with van der Waals surface area (Å²) < 4.78 is 11.0. The Morgan fingerprint density at radius 2 is 1.69 bits per heavy atom. The Morgan fingerprint density at radius 1 is 0.917 bits per heavy atom. The number of hydrogen-bond acceptors (Lipinski definition) is 7. The van der Waals surface area contributed by atoms with E-state index in [0.29, 0.717) is 45.9 Å². The first kappa shape index (κ1) is 31.6. The van der Waals surface area contributed by atoms with Crippen molar-refractivity contribution in [3.63, 3.8) is 0 Å². The number of rotatable bonds is 6. The molecule has 2 amide bonds. The molecule has 3 aromatic rings. The number of allylic oxidation sites excluding steroid dienone is 6. The Balaban J connectivity index is 1.21. The van der Waals surface area contributed by atoms with Crippen molar-refractivity contribution >= 4 is 57.2 Å². The zero-order chi connectivity index (χ0) is 33.9. The van der Waals surface area contributed by atoms with Crippen LogP contribution in [0.3, 0.4) is 0 Å². The first-order valence-corrected chi connectivity index (χ1v) is 16.5. The first-order valence-electron chi connectivity index (χ1n) is 15.7. The van der Waals surface area contributed by atoms with Crippen LogP contribution in [0.2, 0.25) is 0 Å². The molecular formula is C39H32BrNO7. The summed E-state index contributed by atoms with van der Waals surface area (Å²) in [5.41, 5.74) is 4.75. The quantitative estimate of drug-likeness (QED) is 0.129. The van der Waals surface area contributed by atoms with Crippen LogP contribution in [-0.2, 0) is 19.2 Å². The van der Waals surface area contributed by atoms with Gasteiger partial charge in [-0.2, -0.15) is 0 Å². The lowest BCUT2D eigenvalue weighted by Crippen LogP contribution is -2.39. The standard InChI is InChI=1S/C39H32BrNO7/c1-20-5-4-6-26(36(20)43)33-25-14-15-27-34(28(25)18-29-35(33)31(42)19-30(40)37(29)44)39(46)41(38(27)45)23-11-8-21(9-12-23)7-10-22-17-24(47-2)13-16-32(22)48-3/h4-14,16-17,19,27-28,33-34,43H,15,18H2,1-3H3. The van der Waals surface area contributed by atoms with Gasteiger partial charge in [-0.3, -0.25) is 24.1 Å². The second kappa shape index (κ2) is 12.2. The van der Waals surface area contributed by atoms with Crippen molar-refractivity contribution in [1.82, 2.24) is 0 Å². The molecule has 0 radical (unpaired) electrons. The molecule has 1 aliphatic heterocycles. The molecule has 0 aromatic heterocycles. The van der Waals surface area contributed by atoms with E-state index in [2.05, 4.69) is 15.9 Å². The van der Waals surface area contributed by atoms with Crippen LogP contribution in [-0.4, -0.2) is 42.7 Å². The Morgan fingerprint density at radius 3 is 2.42 bits per heavy atom. The van der Waals surface area contributed by atoms with Crippen molar-refractivity contribution in [2.24, 2.45) is 17.8 Å². The molecule has 0 spiro atoms. The number of para-hydroxylation sites is 1. The minimum atomic E-state index is -0.714. The number of nitrogens with zero attached hydrogens (tertiary/aromatic N) is 1. The van der Waals surface area contributed by atoms with Gasteiger partial charge in [0.1, 0.15) is 17.2 Å². The molecule has 1 N–H and O–H groups in total. The smallest absolute Gasteiger partial charge is 0.238 e. The lowest BCUT2D eigenvalue weighted by molar-refractivity contribution is -0.123. The maximum atomic E-state index is 14.3. The summed E-state index contributed by atoms with van der Waals surface area (Å²) in [4.78, 5) is 56.4. The van der Waals surface area contributed by atoms with Gasteiger partial charge in [0.15, 0.2) is 11.6 Å². The predicted octanol–water partition coefficient (Wildman–Crippen LogP) is 6.85. The molecule has 4 aliphatic rings. The van der Waals surface area contributed by atoms with Gasteiger partial charge in [0.2, 0.25) is 11.8 Å². The number of aromatic hydroxyl groups is 1. The molecule has 0 saturated carbocycles. The minimum Gasteiger partial charge on any atom is -0.507 e. The lowest BCUT2D eigenvalue weighted by Gasteiger charge is -2.42. The fourth-order valence-electron chi connectivity index (χ4n) is 7.62. The molecule has 1 heterocycles. The number of halogens is 1. The first-order chi connectivity index (χ1) is 23.1. The average Bonchev–Trinajstić information content (AvgIpc) is 3.35. The van der Waals surface area contributed by atoms with Crippen molar-refractivity contribution in [1.29, 1.82) is 0 Å². The summed E-state index contributed by atoms with van der Waals surface area (Å²) in [5.74, 6) is -2.32. The summed E-state index contributed by atoms with van der Waals surface area (Å²) >= 11 is 3.25. The van der Waals surface area contributed by atoms with E-state index < -0.39 is 23.7 Å². The van der Waals surface area contributed by atoms with Gasteiger partial charge in [0.25, 0.3) is 0 Å². The molecule has 9 heteroatoms. The number of anilines is 1. The van der Waals surface area contributed by atoms with E-state index in [1.165, 1.54) is 11.0 Å². The lowest BCUT2D eigenvalue weighted by atomic mass is 9.59. The molecule has 3 aromatic carbocycles. The molecule has 0 bridgehead atoms. The highest BCUT2D eigenvalue weighted by molar-refractivity contribution is 9.12. The molecule has 4 unspecified atom stereocenters. The number of Topliss-reactive ketones (excluding diaryl/α,β-unsaturated/α-hetero) is 1. The largest absolute Gasteiger partial charge is 0.507 e. The van der Waals surface area contributed by atoms with Crippen molar-refractivity contribution in [3.05, 3.63) is 116 Å². The summed E-state index contributed by atoms with van der Waals surface area (Å²) in [5, 5.41) is 11.2. The maximum absolute atomic E-state index is 14.3. The van der Waals surface area contributed by atoms with Crippen molar-refractivity contribution in [2.45, 2.75) is 25.7 Å². The van der Waals surface area contributed by atoms with Crippen LogP contribution in [0.15, 0.2) is 94.0 Å². The van der Waals surface area contributed by atoms with Gasteiger partial charge in [-0.05, 0) is 83.1 Å². The van der Waals surface area contributed by atoms with Gasteiger partial charge in [0.05, 0.1) is 36.2 Å². The third-order valence-corrected chi connectivity index (χ3v) is 10.5. The molecule has 8 nitrogen and oxygen atoms in total. The number of ketones is 2. The van der Waals surface area contributed by atoms with Crippen LogP contribution in [0.1, 0.15) is 41.0 Å². The summed E-state index contributed by atoms with van der Waals surface area (Å²) in [6.07, 6.45) is 7.52. The molecule has 7 rings (SSSR count). The van der Waals surface area contributed by atoms with Crippen molar-refractivity contribution in [3.8, 4) is 17.2 Å². The Kier molecular flexibility index (Phi) is 8.03. The number of hydrogen-bond donors (Lipinski definition) is 1. The number of ether oxygens (including phenoxy) is 2. The molecule has 48 heavy (non-hydrogen) atoms. The second-order valence-electron chi connectivity index (χ2n) is 12.5. The topological polar surface area (TPSA) is 110 Å². The number of methoxy groups -OCH3 is 2. The fourth-order valence-corrected chi connectivity index (χ4v) is 8.07. The molecular weight excluding hydrogens is 674 g/mol. The minimum absolute atomic E-state index is 0.0429. The molecule has 242 valence electrons. The van der Waals surface area contributed by atoms with Crippen LogP contribution in [0, 0.1) is 24.7 Å². The van der Waals surface area contributed by atoms with Crippen molar-refractivity contribution < 1.29 is 33.8 Å². The fraction of sp³-hybridized carbons (Fsp3) is 0.231. The number of phenolic OH excluding ortho intramolecular Hbond substituents is 1. The van der Waals surface area contributed by atoms with Crippen LogP contribution in [0.25, 0.3) is 12.2 Å². The number of phenols is 1. The molecule has 1 saturated heterocycles. The second-order valence-corrected chi connectivity index (χ2v) is 13.3. The highest BCUT2D eigenvalue weighted by Crippen LogP contribution is 2.56. The molecule has 4 atom stereocenters. The number of benzene rings is 3. The van der Waals surface area contributed by atoms with Crippen LogP contribution in [0.4, 0.5) is 5.69 Å². The van der Waals surface area contributed by atoms with Crippen molar-refractivity contribution in [2.75, 3.05) is 19.1 Å². The number of fused-ring (bicyclic) bond motifs is 3. The van der Waals surface area contributed by atoms with Gasteiger partial charge in [-0.15, -0.1) is 0 Å². The van der Waals surface area contributed by atoms with Gasteiger partial charge >= 0.3 is 0 Å². The zero-order valence-electron chi connectivity index (χ0n) is 26.5. The number of aryl methyl sites for hydroxylation is 1. The van der Waals surface area contributed by atoms with Gasteiger partial charge in [-0.1, -0.05) is 54.1 Å². The van der Waals surface area contributed by atoms with E-state index in [9.17, 15) is 24.3 Å². The maximum Gasteiger partial charge on any atom is 0.238 e. The summed E-state index contributed by atoms with van der Waals surface area (Å²) in [7, 11) is 3.21. The predicted molar refractivity (Wildman–Crippen MR) is 185 cm³/mol. The van der Waals surface area contributed by atoms with Gasteiger partial charge in [-0.25, -0.2) is 0 Å². The number of imide groups is 1.